The van der Waals surface area contributed by atoms with Gasteiger partial charge < -0.3 is 9.84 Å². The fourth-order valence-corrected chi connectivity index (χ4v) is 1.91. The van der Waals surface area contributed by atoms with Crippen molar-refractivity contribution in [3.8, 4) is 11.5 Å². The van der Waals surface area contributed by atoms with Gasteiger partial charge in [0.05, 0.1) is 16.1 Å². The molecule has 0 aromatic heterocycles. The van der Waals surface area contributed by atoms with Crippen molar-refractivity contribution < 1.29 is 9.84 Å². The standard InChI is InChI=1S/C14H12Cl2O2/c1-9(17)10-6-7-14(12(16)8-10)18-13-5-3-2-4-11(13)15/h2-9,17H,1H3. The van der Waals surface area contributed by atoms with Crippen molar-refractivity contribution in [1.29, 1.82) is 0 Å². The molecule has 0 heterocycles. The van der Waals surface area contributed by atoms with Gasteiger partial charge in [0, 0.05) is 0 Å². The molecule has 0 spiro atoms. The van der Waals surface area contributed by atoms with Crippen molar-refractivity contribution in [2.45, 2.75) is 13.0 Å². The van der Waals surface area contributed by atoms with Gasteiger partial charge in [-0.2, -0.15) is 0 Å². The summed E-state index contributed by atoms with van der Waals surface area (Å²) in [5.41, 5.74) is 0.742. The van der Waals surface area contributed by atoms with Gasteiger partial charge in [-0.15, -0.1) is 0 Å². The first-order valence-electron chi connectivity index (χ1n) is 5.48. The Morgan fingerprint density at radius 3 is 2.28 bits per heavy atom. The van der Waals surface area contributed by atoms with Crippen LogP contribution in [0.3, 0.4) is 0 Å². The Bertz CT molecular complexity index is 553. The first-order valence-corrected chi connectivity index (χ1v) is 6.23. The quantitative estimate of drug-likeness (QED) is 0.873. The van der Waals surface area contributed by atoms with Gasteiger partial charge in [-0.25, -0.2) is 0 Å². The van der Waals surface area contributed by atoms with Gasteiger partial charge in [-0.1, -0.05) is 41.4 Å². The molecule has 0 saturated carbocycles. The minimum Gasteiger partial charge on any atom is -0.454 e. The second-order valence-corrected chi connectivity index (χ2v) is 4.71. The Kier molecular flexibility index (Phi) is 4.12. The van der Waals surface area contributed by atoms with E-state index >= 15 is 0 Å². The summed E-state index contributed by atoms with van der Waals surface area (Å²) >= 11 is 12.1. The van der Waals surface area contributed by atoms with Crippen molar-refractivity contribution >= 4 is 23.2 Å². The number of aliphatic hydroxyl groups is 1. The molecule has 0 aliphatic rings. The molecule has 1 N–H and O–H groups in total. The largest absolute Gasteiger partial charge is 0.454 e. The van der Waals surface area contributed by atoms with Crippen LogP contribution in [-0.4, -0.2) is 5.11 Å². The van der Waals surface area contributed by atoms with Crippen LogP contribution in [0, 0.1) is 0 Å². The second kappa shape index (κ2) is 5.61. The van der Waals surface area contributed by atoms with Gasteiger partial charge in [0.1, 0.15) is 11.5 Å². The van der Waals surface area contributed by atoms with E-state index in [0.717, 1.165) is 5.56 Å². The highest BCUT2D eigenvalue weighted by molar-refractivity contribution is 6.32. The predicted molar refractivity (Wildman–Crippen MR) is 73.6 cm³/mol. The number of ether oxygens (including phenoxy) is 1. The fraction of sp³-hybridized carbons (Fsp3) is 0.143. The summed E-state index contributed by atoms with van der Waals surface area (Å²) in [7, 11) is 0. The first kappa shape index (κ1) is 13.2. The van der Waals surface area contributed by atoms with Crippen molar-refractivity contribution in [2.24, 2.45) is 0 Å². The van der Waals surface area contributed by atoms with Gasteiger partial charge in [0.15, 0.2) is 0 Å². The summed E-state index contributed by atoms with van der Waals surface area (Å²) < 4.78 is 5.63. The molecule has 4 heteroatoms. The summed E-state index contributed by atoms with van der Waals surface area (Å²) in [6, 6.07) is 12.3. The molecule has 0 fully saturated rings. The zero-order valence-electron chi connectivity index (χ0n) is 9.73. The maximum absolute atomic E-state index is 9.45. The average Bonchev–Trinajstić information content (AvgIpc) is 2.34. The summed E-state index contributed by atoms with van der Waals surface area (Å²) in [6.07, 6.45) is -0.558. The third kappa shape index (κ3) is 2.96. The van der Waals surface area contributed by atoms with E-state index in [1.807, 2.05) is 12.1 Å². The fourth-order valence-electron chi connectivity index (χ4n) is 1.51. The molecule has 0 bridgehead atoms. The van der Waals surface area contributed by atoms with Crippen LogP contribution in [-0.2, 0) is 0 Å². The van der Waals surface area contributed by atoms with E-state index in [1.54, 1.807) is 37.3 Å². The summed E-state index contributed by atoms with van der Waals surface area (Å²) in [6.45, 7) is 1.68. The predicted octanol–water partition coefficient (Wildman–Crippen LogP) is 4.84. The lowest BCUT2D eigenvalue weighted by Crippen LogP contribution is -1.92. The molecule has 0 saturated heterocycles. The Hall–Kier alpha value is -1.22. The lowest BCUT2D eigenvalue weighted by molar-refractivity contribution is 0.199. The van der Waals surface area contributed by atoms with Crippen LogP contribution in [0.2, 0.25) is 10.0 Å². The second-order valence-electron chi connectivity index (χ2n) is 3.90. The molecular weight excluding hydrogens is 271 g/mol. The Balaban J connectivity index is 2.28. The van der Waals surface area contributed by atoms with Crippen LogP contribution in [0.5, 0.6) is 11.5 Å². The third-order valence-electron chi connectivity index (χ3n) is 2.49. The van der Waals surface area contributed by atoms with Crippen LogP contribution < -0.4 is 4.74 Å². The number of rotatable bonds is 3. The monoisotopic (exact) mass is 282 g/mol. The Labute approximate surface area is 116 Å². The van der Waals surface area contributed by atoms with Gasteiger partial charge in [0.25, 0.3) is 0 Å². The van der Waals surface area contributed by atoms with E-state index in [1.165, 1.54) is 0 Å². The number of aliphatic hydroxyl groups excluding tert-OH is 1. The van der Waals surface area contributed by atoms with E-state index in [2.05, 4.69) is 0 Å². The highest BCUT2D eigenvalue weighted by atomic mass is 35.5. The maximum atomic E-state index is 9.45. The van der Waals surface area contributed by atoms with Crippen LogP contribution in [0.1, 0.15) is 18.6 Å². The molecule has 0 aliphatic heterocycles. The molecule has 1 atom stereocenters. The van der Waals surface area contributed by atoms with Crippen molar-refractivity contribution in [3.63, 3.8) is 0 Å². The zero-order valence-corrected chi connectivity index (χ0v) is 11.2. The SMILES string of the molecule is CC(O)c1ccc(Oc2ccccc2Cl)c(Cl)c1. The number of para-hydroxylation sites is 1. The minimum absolute atomic E-state index is 0.438. The van der Waals surface area contributed by atoms with Crippen LogP contribution in [0.15, 0.2) is 42.5 Å². The lowest BCUT2D eigenvalue weighted by atomic mass is 10.1. The van der Waals surface area contributed by atoms with Crippen LogP contribution >= 0.6 is 23.2 Å². The average molecular weight is 283 g/mol. The van der Waals surface area contributed by atoms with Crippen LogP contribution in [0.25, 0.3) is 0 Å². The van der Waals surface area contributed by atoms with Gasteiger partial charge >= 0.3 is 0 Å². The number of hydrogen-bond acceptors (Lipinski definition) is 2. The molecule has 18 heavy (non-hydrogen) atoms. The Morgan fingerprint density at radius 2 is 1.67 bits per heavy atom. The molecule has 1 unspecified atom stereocenters. The van der Waals surface area contributed by atoms with Gasteiger partial charge in [-0.3, -0.25) is 0 Å². The molecule has 2 rings (SSSR count). The molecule has 2 nitrogen and oxygen atoms in total. The third-order valence-corrected chi connectivity index (χ3v) is 3.10. The number of halogens is 2. The van der Waals surface area contributed by atoms with E-state index in [0.29, 0.717) is 21.5 Å². The minimum atomic E-state index is -0.558. The summed E-state index contributed by atoms with van der Waals surface area (Å²) in [5.74, 6) is 1.06. The van der Waals surface area contributed by atoms with Crippen molar-refractivity contribution in [2.75, 3.05) is 0 Å². The molecule has 94 valence electrons. The van der Waals surface area contributed by atoms with E-state index < -0.39 is 6.10 Å². The topological polar surface area (TPSA) is 29.5 Å². The van der Waals surface area contributed by atoms with Crippen molar-refractivity contribution in [1.82, 2.24) is 0 Å². The van der Waals surface area contributed by atoms with Crippen LogP contribution in [0.4, 0.5) is 0 Å². The van der Waals surface area contributed by atoms with E-state index in [-0.39, 0.29) is 0 Å². The summed E-state index contributed by atoms with van der Waals surface area (Å²) in [4.78, 5) is 0. The molecular formula is C14H12Cl2O2. The first-order chi connectivity index (χ1) is 8.58. The zero-order chi connectivity index (χ0) is 13.1. The molecule has 2 aromatic carbocycles. The van der Waals surface area contributed by atoms with Gasteiger partial charge in [0.2, 0.25) is 0 Å². The molecule has 0 amide bonds. The molecule has 0 radical (unpaired) electrons. The maximum Gasteiger partial charge on any atom is 0.146 e. The lowest BCUT2D eigenvalue weighted by Gasteiger charge is -2.11. The van der Waals surface area contributed by atoms with Crippen molar-refractivity contribution in [3.05, 3.63) is 58.1 Å². The smallest absolute Gasteiger partial charge is 0.146 e. The normalized spacial score (nSPS) is 12.2. The highest BCUT2D eigenvalue weighted by Crippen LogP contribution is 2.34. The Morgan fingerprint density at radius 1 is 1.00 bits per heavy atom. The molecule has 2 aromatic rings. The number of benzene rings is 2. The molecule has 0 aliphatic carbocycles. The van der Waals surface area contributed by atoms with E-state index in [9.17, 15) is 5.11 Å². The number of hydrogen-bond donors (Lipinski definition) is 1. The van der Waals surface area contributed by atoms with Gasteiger partial charge in [-0.05, 0) is 36.8 Å². The summed E-state index contributed by atoms with van der Waals surface area (Å²) in [5, 5.41) is 10.4. The highest BCUT2D eigenvalue weighted by Gasteiger charge is 2.08. The van der Waals surface area contributed by atoms with E-state index in [4.69, 9.17) is 27.9 Å².